The van der Waals surface area contributed by atoms with Crippen LogP contribution in [0.1, 0.15) is 5.56 Å². The van der Waals surface area contributed by atoms with Crippen LogP contribution in [0, 0.1) is 6.92 Å². The lowest BCUT2D eigenvalue weighted by molar-refractivity contribution is -0.139. The van der Waals surface area contributed by atoms with Crippen molar-refractivity contribution in [1.29, 1.82) is 0 Å². The molecular weight excluding hydrogens is 264 g/mol. The molecule has 0 amide bonds. The summed E-state index contributed by atoms with van der Waals surface area (Å²) < 4.78 is 28.1. The third kappa shape index (κ3) is 3.71. The fourth-order valence-electron chi connectivity index (χ4n) is 1.23. The van der Waals surface area contributed by atoms with E-state index in [0.717, 1.165) is 12.7 Å². The summed E-state index contributed by atoms with van der Waals surface area (Å²) in [7, 11) is -2.40. The van der Waals surface area contributed by atoms with Crippen molar-refractivity contribution in [2.75, 3.05) is 12.9 Å². The van der Waals surface area contributed by atoms with Gasteiger partial charge in [-0.3, -0.25) is 4.79 Å². The lowest BCUT2D eigenvalue weighted by atomic mass is 10.2. The van der Waals surface area contributed by atoms with E-state index in [0.29, 0.717) is 0 Å². The SMILES string of the molecule is COC(=O)C(Cl)CS(=O)(=O)c1ccc(C)cc1. The first-order chi connectivity index (χ1) is 7.86. The third-order valence-corrected chi connectivity index (χ3v) is 4.48. The Balaban J connectivity index is 2.89. The molecule has 0 aromatic heterocycles. The average Bonchev–Trinajstić information content (AvgIpc) is 2.27. The van der Waals surface area contributed by atoms with E-state index in [4.69, 9.17) is 11.6 Å². The molecule has 0 spiro atoms. The summed E-state index contributed by atoms with van der Waals surface area (Å²) in [6.07, 6.45) is 0. The summed E-state index contributed by atoms with van der Waals surface area (Å²) in [5.41, 5.74) is 0.958. The molecule has 4 nitrogen and oxygen atoms in total. The Morgan fingerprint density at radius 2 is 1.88 bits per heavy atom. The Morgan fingerprint density at radius 1 is 1.35 bits per heavy atom. The monoisotopic (exact) mass is 276 g/mol. The van der Waals surface area contributed by atoms with E-state index in [1.165, 1.54) is 12.1 Å². The summed E-state index contributed by atoms with van der Waals surface area (Å²) >= 11 is 5.64. The standard InChI is InChI=1S/C11H13ClO4S/c1-8-3-5-9(6-4-8)17(14,15)7-10(12)11(13)16-2/h3-6,10H,7H2,1-2H3. The van der Waals surface area contributed by atoms with Crippen LogP contribution in [0.3, 0.4) is 0 Å². The molecule has 0 heterocycles. The molecule has 6 heteroatoms. The molecule has 0 bridgehead atoms. The van der Waals surface area contributed by atoms with Crippen molar-refractivity contribution in [1.82, 2.24) is 0 Å². The van der Waals surface area contributed by atoms with E-state index in [9.17, 15) is 13.2 Å². The Morgan fingerprint density at radius 3 is 2.35 bits per heavy atom. The first kappa shape index (κ1) is 14.0. The van der Waals surface area contributed by atoms with Gasteiger partial charge in [0.15, 0.2) is 9.84 Å². The molecule has 0 aliphatic heterocycles. The minimum absolute atomic E-state index is 0.151. The van der Waals surface area contributed by atoms with E-state index in [1.807, 2.05) is 6.92 Å². The van der Waals surface area contributed by atoms with Crippen LogP contribution < -0.4 is 0 Å². The van der Waals surface area contributed by atoms with Crippen molar-refractivity contribution in [3.05, 3.63) is 29.8 Å². The number of sulfone groups is 1. The van der Waals surface area contributed by atoms with Crippen molar-refractivity contribution in [3.8, 4) is 0 Å². The highest BCUT2D eigenvalue weighted by Gasteiger charge is 2.25. The molecule has 1 aromatic rings. The minimum Gasteiger partial charge on any atom is -0.468 e. The molecule has 0 radical (unpaired) electrons. The average molecular weight is 277 g/mol. The predicted octanol–water partition coefficient (Wildman–Crippen LogP) is 1.55. The van der Waals surface area contributed by atoms with Crippen molar-refractivity contribution >= 4 is 27.4 Å². The van der Waals surface area contributed by atoms with Crippen LogP contribution in [-0.4, -0.2) is 32.6 Å². The van der Waals surface area contributed by atoms with Crippen molar-refractivity contribution in [2.45, 2.75) is 17.2 Å². The molecule has 1 rings (SSSR count). The van der Waals surface area contributed by atoms with Gasteiger partial charge in [0.05, 0.1) is 17.8 Å². The van der Waals surface area contributed by atoms with Crippen LogP contribution in [0.5, 0.6) is 0 Å². The molecular formula is C11H13ClO4S. The Hall–Kier alpha value is -1.07. The highest BCUT2D eigenvalue weighted by atomic mass is 35.5. The number of carbonyl (C=O) groups is 1. The van der Waals surface area contributed by atoms with Gasteiger partial charge in [-0.05, 0) is 19.1 Å². The summed E-state index contributed by atoms with van der Waals surface area (Å²) in [6, 6.07) is 6.36. The quantitative estimate of drug-likeness (QED) is 0.618. The Kier molecular flexibility index (Phi) is 4.54. The number of rotatable bonds is 4. The van der Waals surface area contributed by atoms with Crippen LogP contribution in [-0.2, 0) is 19.4 Å². The number of carbonyl (C=O) groups excluding carboxylic acids is 1. The van der Waals surface area contributed by atoms with Gasteiger partial charge in [-0.1, -0.05) is 17.7 Å². The second kappa shape index (κ2) is 5.51. The first-order valence-electron chi connectivity index (χ1n) is 4.88. The maximum Gasteiger partial charge on any atom is 0.324 e. The molecule has 94 valence electrons. The van der Waals surface area contributed by atoms with Gasteiger partial charge in [0, 0.05) is 0 Å². The lowest BCUT2D eigenvalue weighted by Gasteiger charge is -2.08. The maximum absolute atomic E-state index is 11.9. The van der Waals surface area contributed by atoms with Crippen molar-refractivity contribution in [3.63, 3.8) is 0 Å². The van der Waals surface area contributed by atoms with E-state index < -0.39 is 26.9 Å². The number of ether oxygens (including phenoxy) is 1. The minimum atomic E-state index is -3.56. The zero-order valence-corrected chi connectivity index (χ0v) is 11.1. The zero-order valence-electron chi connectivity index (χ0n) is 9.51. The smallest absolute Gasteiger partial charge is 0.324 e. The summed E-state index contributed by atoms with van der Waals surface area (Å²) in [5.74, 6) is -1.22. The molecule has 0 saturated carbocycles. The van der Waals surface area contributed by atoms with Gasteiger partial charge in [0.2, 0.25) is 0 Å². The molecule has 1 unspecified atom stereocenters. The van der Waals surface area contributed by atoms with Gasteiger partial charge in [-0.25, -0.2) is 8.42 Å². The maximum atomic E-state index is 11.9. The van der Waals surface area contributed by atoms with Crippen molar-refractivity contribution in [2.24, 2.45) is 0 Å². The van der Waals surface area contributed by atoms with Gasteiger partial charge in [-0.15, -0.1) is 11.6 Å². The second-order valence-corrected chi connectivity index (χ2v) is 6.15. The van der Waals surface area contributed by atoms with Crippen molar-refractivity contribution < 1.29 is 17.9 Å². The normalized spacial score (nSPS) is 13.1. The molecule has 1 aromatic carbocycles. The topological polar surface area (TPSA) is 60.4 Å². The number of esters is 1. The van der Waals surface area contributed by atoms with Crippen LogP contribution in [0.4, 0.5) is 0 Å². The molecule has 0 saturated heterocycles. The highest BCUT2D eigenvalue weighted by Crippen LogP contribution is 2.15. The molecule has 0 aliphatic rings. The number of alkyl halides is 1. The van der Waals surface area contributed by atoms with E-state index in [-0.39, 0.29) is 4.90 Å². The fourth-order valence-corrected chi connectivity index (χ4v) is 3.08. The lowest BCUT2D eigenvalue weighted by Crippen LogP contribution is -2.25. The second-order valence-electron chi connectivity index (χ2n) is 3.59. The number of hydrogen-bond donors (Lipinski definition) is 0. The summed E-state index contributed by atoms with van der Waals surface area (Å²) in [6.45, 7) is 1.86. The Bertz CT molecular complexity index is 493. The largest absolute Gasteiger partial charge is 0.468 e. The molecule has 0 aliphatic carbocycles. The number of benzene rings is 1. The van der Waals surface area contributed by atoms with Gasteiger partial charge < -0.3 is 4.74 Å². The highest BCUT2D eigenvalue weighted by molar-refractivity contribution is 7.91. The molecule has 1 atom stereocenters. The van der Waals surface area contributed by atoms with Gasteiger partial charge >= 0.3 is 5.97 Å². The van der Waals surface area contributed by atoms with Crippen LogP contribution in [0.15, 0.2) is 29.2 Å². The van der Waals surface area contributed by atoms with Gasteiger partial charge in [0.25, 0.3) is 0 Å². The van der Waals surface area contributed by atoms with E-state index in [2.05, 4.69) is 4.74 Å². The number of halogens is 1. The van der Waals surface area contributed by atoms with Crippen LogP contribution >= 0.6 is 11.6 Å². The number of hydrogen-bond acceptors (Lipinski definition) is 4. The third-order valence-electron chi connectivity index (χ3n) is 2.20. The van der Waals surface area contributed by atoms with Gasteiger partial charge in [-0.2, -0.15) is 0 Å². The molecule has 0 fully saturated rings. The zero-order chi connectivity index (χ0) is 13.1. The number of aryl methyl sites for hydroxylation is 1. The van der Waals surface area contributed by atoms with E-state index >= 15 is 0 Å². The summed E-state index contributed by atoms with van der Waals surface area (Å²) in [5, 5.41) is -1.19. The van der Waals surface area contributed by atoms with Crippen LogP contribution in [0.2, 0.25) is 0 Å². The fraction of sp³-hybridized carbons (Fsp3) is 0.364. The van der Waals surface area contributed by atoms with Gasteiger partial charge in [0.1, 0.15) is 5.38 Å². The Labute approximate surface area is 105 Å². The molecule has 17 heavy (non-hydrogen) atoms. The predicted molar refractivity (Wildman–Crippen MR) is 64.9 cm³/mol. The summed E-state index contributed by atoms with van der Waals surface area (Å²) in [4.78, 5) is 11.2. The number of methoxy groups -OCH3 is 1. The first-order valence-corrected chi connectivity index (χ1v) is 6.97. The molecule has 0 N–H and O–H groups in total. The van der Waals surface area contributed by atoms with Crippen LogP contribution in [0.25, 0.3) is 0 Å². The van der Waals surface area contributed by atoms with E-state index in [1.54, 1.807) is 12.1 Å².